The molecule has 1 saturated heterocycles. The topological polar surface area (TPSA) is 67.5 Å². The fourth-order valence-corrected chi connectivity index (χ4v) is 2.15. The number of nitrogens with zero attached hydrogens (tertiary/aromatic N) is 4. The van der Waals surface area contributed by atoms with Crippen molar-refractivity contribution in [3.8, 4) is 5.75 Å². The highest BCUT2D eigenvalue weighted by Crippen LogP contribution is 2.32. The van der Waals surface area contributed by atoms with Gasteiger partial charge >= 0.3 is 0 Å². The van der Waals surface area contributed by atoms with Gasteiger partial charge < -0.3 is 20.3 Å². The number of aromatic nitrogens is 2. The zero-order valence-electron chi connectivity index (χ0n) is 10.6. The van der Waals surface area contributed by atoms with Crippen molar-refractivity contribution < 1.29 is 4.74 Å². The Balaban J connectivity index is 2.21. The molecule has 0 bridgehead atoms. The third-order valence-electron chi connectivity index (χ3n) is 3.21. The molecule has 1 aliphatic heterocycles. The molecule has 0 spiro atoms. The van der Waals surface area contributed by atoms with Crippen molar-refractivity contribution >= 4 is 11.6 Å². The first-order valence-electron chi connectivity index (χ1n) is 5.69. The van der Waals surface area contributed by atoms with Crippen LogP contribution in [0.5, 0.6) is 5.75 Å². The first kappa shape index (κ1) is 11.9. The van der Waals surface area contributed by atoms with Gasteiger partial charge in [-0.25, -0.2) is 9.97 Å². The molecule has 1 aromatic heterocycles. The zero-order valence-corrected chi connectivity index (χ0v) is 10.6. The monoisotopic (exact) mass is 237 g/mol. The normalized spacial score (nSPS) is 20.0. The van der Waals surface area contributed by atoms with Crippen molar-refractivity contribution in [2.45, 2.75) is 12.5 Å². The summed E-state index contributed by atoms with van der Waals surface area (Å²) in [6.07, 6.45) is 2.61. The summed E-state index contributed by atoms with van der Waals surface area (Å²) in [6, 6.07) is 0.552. The quantitative estimate of drug-likeness (QED) is 0.810. The SMILES string of the molecule is COc1c(N)ncnc1N1CCC(N(C)C)C1. The number of ether oxygens (including phenoxy) is 1. The molecule has 1 fully saturated rings. The lowest BCUT2D eigenvalue weighted by Crippen LogP contribution is -2.32. The molecular weight excluding hydrogens is 218 g/mol. The molecule has 2 rings (SSSR count). The van der Waals surface area contributed by atoms with Crippen LogP contribution in [-0.2, 0) is 0 Å². The van der Waals surface area contributed by atoms with E-state index >= 15 is 0 Å². The Morgan fingerprint density at radius 3 is 2.82 bits per heavy atom. The summed E-state index contributed by atoms with van der Waals surface area (Å²) in [5.74, 6) is 1.77. The first-order chi connectivity index (χ1) is 8.13. The van der Waals surface area contributed by atoms with Gasteiger partial charge in [0.25, 0.3) is 0 Å². The van der Waals surface area contributed by atoms with E-state index in [0.29, 0.717) is 17.6 Å². The Morgan fingerprint density at radius 1 is 1.47 bits per heavy atom. The number of rotatable bonds is 3. The Morgan fingerprint density at radius 2 is 2.24 bits per heavy atom. The number of nitrogens with two attached hydrogens (primary N) is 1. The lowest BCUT2D eigenvalue weighted by Gasteiger charge is -2.22. The summed E-state index contributed by atoms with van der Waals surface area (Å²) in [6.45, 7) is 1.91. The van der Waals surface area contributed by atoms with Gasteiger partial charge in [0.2, 0.25) is 5.75 Å². The van der Waals surface area contributed by atoms with E-state index in [-0.39, 0.29) is 0 Å². The standard InChI is InChI=1S/C11H19N5O/c1-15(2)8-4-5-16(6-8)11-9(17-3)10(12)13-7-14-11/h7-8H,4-6H2,1-3H3,(H2,12,13,14). The third kappa shape index (κ3) is 2.26. The maximum Gasteiger partial charge on any atom is 0.204 e. The van der Waals surface area contributed by atoms with Gasteiger partial charge in [0.15, 0.2) is 11.6 Å². The van der Waals surface area contributed by atoms with Crippen LogP contribution in [0.1, 0.15) is 6.42 Å². The van der Waals surface area contributed by atoms with E-state index in [9.17, 15) is 0 Å². The van der Waals surface area contributed by atoms with E-state index in [1.54, 1.807) is 7.11 Å². The number of hydrogen-bond donors (Lipinski definition) is 1. The van der Waals surface area contributed by atoms with Gasteiger partial charge in [0.1, 0.15) is 6.33 Å². The number of methoxy groups -OCH3 is 1. The van der Waals surface area contributed by atoms with E-state index in [4.69, 9.17) is 10.5 Å². The van der Waals surface area contributed by atoms with Crippen LogP contribution < -0.4 is 15.4 Å². The molecule has 0 amide bonds. The molecule has 0 aromatic carbocycles. The molecule has 0 saturated carbocycles. The minimum absolute atomic E-state index is 0.394. The van der Waals surface area contributed by atoms with Crippen molar-refractivity contribution in [1.29, 1.82) is 0 Å². The van der Waals surface area contributed by atoms with E-state index in [0.717, 1.165) is 25.3 Å². The first-order valence-corrected chi connectivity index (χ1v) is 5.69. The largest absolute Gasteiger partial charge is 0.490 e. The fraction of sp³-hybridized carbons (Fsp3) is 0.636. The average Bonchev–Trinajstić information content (AvgIpc) is 2.77. The van der Waals surface area contributed by atoms with Crippen molar-refractivity contribution in [2.75, 3.05) is 44.9 Å². The average molecular weight is 237 g/mol. The van der Waals surface area contributed by atoms with Gasteiger partial charge in [-0.2, -0.15) is 0 Å². The summed E-state index contributed by atoms with van der Waals surface area (Å²) >= 11 is 0. The summed E-state index contributed by atoms with van der Waals surface area (Å²) in [5.41, 5.74) is 5.78. The predicted octanol–water partition coefficient (Wildman–Crippen LogP) is 0.208. The van der Waals surface area contributed by atoms with Gasteiger partial charge in [0.05, 0.1) is 7.11 Å². The van der Waals surface area contributed by atoms with E-state index < -0.39 is 0 Å². The van der Waals surface area contributed by atoms with Crippen LogP contribution in [0.25, 0.3) is 0 Å². The van der Waals surface area contributed by atoms with E-state index in [1.165, 1.54) is 6.33 Å². The van der Waals surface area contributed by atoms with E-state index in [2.05, 4.69) is 33.9 Å². The van der Waals surface area contributed by atoms with Crippen molar-refractivity contribution in [1.82, 2.24) is 14.9 Å². The highest BCUT2D eigenvalue weighted by Gasteiger charge is 2.27. The Bertz CT molecular complexity index is 395. The molecule has 0 aliphatic carbocycles. The number of anilines is 2. The van der Waals surface area contributed by atoms with Crippen LogP contribution in [0.2, 0.25) is 0 Å². The summed E-state index contributed by atoms with van der Waals surface area (Å²) < 4.78 is 5.28. The molecule has 1 atom stereocenters. The molecule has 17 heavy (non-hydrogen) atoms. The van der Waals surface area contributed by atoms with Gasteiger partial charge in [-0.05, 0) is 20.5 Å². The van der Waals surface area contributed by atoms with Crippen LogP contribution in [0.3, 0.4) is 0 Å². The van der Waals surface area contributed by atoms with Gasteiger partial charge in [0, 0.05) is 19.1 Å². The molecule has 6 heteroatoms. The third-order valence-corrected chi connectivity index (χ3v) is 3.21. The molecule has 2 heterocycles. The minimum atomic E-state index is 0.394. The highest BCUT2D eigenvalue weighted by molar-refractivity contribution is 5.63. The molecule has 6 nitrogen and oxygen atoms in total. The van der Waals surface area contributed by atoms with Crippen LogP contribution in [-0.4, -0.2) is 55.2 Å². The summed E-state index contributed by atoms with van der Waals surface area (Å²) in [7, 11) is 5.79. The second kappa shape index (κ2) is 4.75. The lowest BCUT2D eigenvalue weighted by molar-refractivity contribution is 0.315. The predicted molar refractivity (Wildman–Crippen MR) is 67.3 cm³/mol. The minimum Gasteiger partial charge on any atom is -0.490 e. The van der Waals surface area contributed by atoms with E-state index in [1.807, 2.05) is 0 Å². The molecular formula is C11H19N5O. The lowest BCUT2D eigenvalue weighted by atomic mass is 10.2. The maximum absolute atomic E-state index is 5.78. The second-order valence-electron chi connectivity index (χ2n) is 4.47. The molecule has 1 aromatic rings. The summed E-state index contributed by atoms with van der Waals surface area (Å²) in [5, 5.41) is 0. The van der Waals surface area contributed by atoms with Crippen LogP contribution in [0, 0.1) is 0 Å². The highest BCUT2D eigenvalue weighted by atomic mass is 16.5. The number of likely N-dealkylation sites (N-methyl/N-ethyl adjacent to an activating group) is 1. The van der Waals surface area contributed by atoms with Crippen molar-refractivity contribution in [3.05, 3.63) is 6.33 Å². The van der Waals surface area contributed by atoms with Gasteiger partial charge in [-0.15, -0.1) is 0 Å². The molecule has 1 unspecified atom stereocenters. The molecule has 94 valence electrons. The molecule has 2 N–H and O–H groups in total. The van der Waals surface area contributed by atoms with Gasteiger partial charge in [-0.3, -0.25) is 0 Å². The Hall–Kier alpha value is -1.56. The Labute approximate surface area is 101 Å². The maximum atomic E-state index is 5.78. The van der Waals surface area contributed by atoms with Crippen LogP contribution in [0.15, 0.2) is 6.33 Å². The van der Waals surface area contributed by atoms with Crippen LogP contribution >= 0.6 is 0 Å². The molecule has 0 radical (unpaired) electrons. The fourth-order valence-electron chi connectivity index (χ4n) is 2.15. The molecule has 1 aliphatic rings. The number of nitrogen functional groups attached to an aromatic ring is 1. The van der Waals surface area contributed by atoms with Crippen molar-refractivity contribution in [3.63, 3.8) is 0 Å². The van der Waals surface area contributed by atoms with Crippen molar-refractivity contribution in [2.24, 2.45) is 0 Å². The Kier molecular flexibility index (Phi) is 3.33. The smallest absolute Gasteiger partial charge is 0.204 e. The van der Waals surface area contributed by atoms with Gasteiger partial charge in [-0.1, -0.05) is 0 Å². The summed E-state index contributed by atoms with van der Waals surface area (Å²) in [4.78, 5) is 12.6. The van der Waals surface area contributed by atoms with Crippen LogP contribution in [0.4, 0.5) is 11.6 Å². The second-order valence-corrected chi connectivity index (χ2v) is 4.47. The number of hydrogen-bond acceptors (Lipinski definition) is 6. The zero-order chi connectivity index (χ0) is 12.4.